The molecule has 2 bridgehead atoms. The maximum Gasteiger partial charge on any atom is 0.123 e. The number of benzene rings is 1. The van der Waals surface area contributed by atoms with E-state index in [0.29, 0.717) is 6.10 Å². The summed E-state index contributed by atoms with van der Waals surface area (Å²) in [6.07, 6.45) is 5.70. The fourth-order valence-corrected chi connectivity index (χ4v) is 2.64. The van der Waals surface area contributed by atoms with Crippen LogP contribution in [-0.2, 0) is 0 Å². The molecule has 0 radical (unpaired) electrons. The highest BCUT2D eigenvalue weighted by Crippen LogP contribution is 2.43. The van der Waals surface area contributed by atoms with Crippen molar-refractivity contribution in [2.75, 3.05) is 0 Å². The van der Waals surface area contributed by atoms with Gasteiger partial charge in [-0.15, -0.1) is 0 Å². The monoisotopic (exact) mass is 174 g/mol. The third-order valence-corrected chi connectivity index (χ3v) is 3.28. The highest BCUT2D eigenvalue weighted by atomic mass is 16.5. The molecule has 1 saturated carbocycles. The van der Waals surface area contributed by atoms with E-state index in [2.05, 4.69) is 24.3 Å². The summed E-state index contributed by atoms with van der Waals surface area (Å²) in [5.74, 6) is 1.92. The molecule has 1 aliphatic heterocycles. The van der Waals surface area contributed by atoms with Gasteiger partial charge in [0.2, 0.25) is 0 Å². The minimum Gasteiger partial charge on any atom is -0.490 e. The van der Waals surface area contributed by atoms with Crippen molar-refractivity contribution in [1.82, 2.24) is 0 Å². The summed E-state index contributed by atoms with van der Waals surface area (Å²) in [7, 11) is 0. The number of para-hydroxylation sites is 1. The largest absolute Gasteiger partial charge is 0.490 e. The summed E-state index contributed by atoms with van der Waals surface area (Å²) in [5.41, 5.74) is 1.44. The Morgan fingerprint density at radius 3 is 3.08 bits per heavy atom. The Hall–Kier alpha value is -0.980. The molecule has 2 unspecified atom stereocenters. The summed E-state index contributed by atoms with van der Waals surface area (Å²) in [4.78, 5) is 0. The Morgan fingerprint density at radius 1 is 1.15 bits per heavy atom. The van der Waals surface area contributed by atoms with Crippen LogP contribution in [0, 0.1) is 0 Å². The lowest BCUT2D eigenvalue weighted by Gasteiger charge is -2.36. The molecule has 2 atom stereocenters. The molecule has 1 aromatic carbocycles. The Bertz CT molecular complexity index is 319. The van der Waals surface area contributed by atoms with Crippen LogP contribution in [0.2, 0.25) is 0 Å². The van der Waals surface area contributed by atoms with Gasteiger partial charge in [0.15, 0.2) is 0 Å². The van der Waals surface area contributed by atoms with Crippen LogP contribution >= 0.6 is 0 Å². The fraction of sp³-hybridized carbons (Fsp3) is 0.500. The van der Waals surface area contributed by atoms with Gasteiger partial charge in [-0.2, -0.15) is 0 Å². The van der Waals surface area contributed by atoms with Crippen LogP contribution < -0.4 is 4.74 Å². The van der Waals surface area contributed by atoms with E-state index in [1.807, 2.05) is 0 Å². The quantitative estimate of drug-likeness (QED) is 0.587. The first kappa shape index (κ1) is 7.43. The number of rotatable bonds is 0. The van der Waals surface area contributed by atoms with Crippen molar-refractivity contribution in [3.8, 4) is 5.75 Å². The first-order valence-corrected chi connectivity index (χ1v) is 5.19. The highest BCUT2D eigenvalue weighted by molar-refractivity contribution is 5.38. The van der Waals surface area contributed by atoms with Gasteiger partial charge in [-0.25, -0.2) is 0 Å². The smallest absolute Gasteiger partial charge is 0.123 e. The predicted molar refractivity (Wildman–Crippen MR) is 52.1 cm³/mol. The van der Waals surface area contributed by atoms with Gasteiger partial charge in [-0.1, -0.05) is 18.2 Å². The van der Waals surface area contributed by atoms with Crippen LogP contribution in [0.5, 0.6) is 5.75 Å². The van der Waals surface area contributed by atoms with E-state index < -0.39 is 0 Å². The minimum atomic E-state index is 0.508. The van der Waals surface area contributed by atoms with E-state index in [1.54, 1.807) is 0 Å². The number of ether oxygens (including phenoxy) is 1. The lowest BCUT2D eigenvalue weighted by atomic mass is 9.80. The van der Waals surface area contributed by atoms with E-state index in [4.69, 9.17) is 4.74 Å². The maximum atomic E-state index is 5.90. The Kier molecular flexibility index (Phi) is 1.58. The topological polar surface area (TPSA) is 9.23 Å². The molecule has 3 rings (SSSR count). The summed E-state index contributed by atoms with van der Waals surface area (Å²) >= 11 is 0. The lowest BCUT2D eigenvalue weighted by molar-refractivity contribution is 0.119. The number of hydrogen-bond acceptors (Lipinski definition) is 1. The lowest BCUT2D eigenvalue weighted by Crippen LogP contribution is -2.29. The summed E-state index contributed by atoms with van der Waals surface area (Å²) in [5, 5.41) is 0. The fourth-order valence-electron chi connectivity index (χ4n) is 2.64. The number of fused-ring (bicyclic) bond motifs is 4. The highest BCUT2D eigenvalue weighted by Gasteiger charge is 2.30. The first-order valence-electron chi connectivity index (χ1n) is 5.19. The molecule has 1 aromatic rings. The third-order valence-electron chi connectivity index (χ3n) is 3.28. The predicted octanol–water partition coefficient (Wildman–Crippen LogP) is 3.11. The normalized spacial score (nSPS) is 30.5. The van der Waals surface area contributed by atoms with Gasteiger partial charge in [-0.3, -0.25) is 0 Å². The summed E-state index contributed by atoms with van der Waals surface area (Å²) in [6.45, 7) is 0. The first-order chi connectivity index (χ1) is 6.43. The average molecular weight is 174 g/mol. The molecular weight excluding hydrogens is 160 g/mol. The van der Waals surface area contributed by atoms with Gasteiger partial charge in [0, 0.05) is 0 Å². The molecule has 0 aromatic heterocycles. The molecule has 1 heterocycles. The standard InChI is InChI=1S/C12H14O/c1-2-7-12-11(6-1)9-4-3-5-10(8-9)13-12/h1-2,6-7,9-10H,3-5,8H2. The van der Waals surface area contributed by atoms with Crippen LogP contribution in [0.15, 0.2) is 24.3 Å². The van der Waals surface area contributed by atoms with Gasteiger partial charge < -0.3 is 4.74 Å². The molecule has 1 fully saturated rings. The summed E-state index contributed by atoms with van der Waals surface area (Å²) < 4.78 is 5.90. The van der Waals surface area contributed by atoms with Crippen molar-refractivity contribution in [1.29, 1.82) is 0 Å². The molecule has 0 amide bonds. The van der Waals surface area contributed by atoms with Crippen LogP contribution in [0.4, 0.5) is 0 Å². The van der Waals surface area contributed by atoms with E-state index in [0.717, 1.165) is 11.7 Å². The van der Waals surface area contributed by atoms with Crippen LogP contribution in [0.3, 0.4) is 0 Å². The van der Waals surface area contributed by atoms with Crippen molar-refractivity contribution in [2.24, 2.45) is 0 Å². The van der Waals surface area contributed by atoms with Crippen molar-refractivity contribution >= 4 is 0 Å². The molecule has 0 N–H and O–H groups in total. The molecule has 1 aliphatic carbocycles. The van der Waals surface area contributed by atoms with E-state index in [1.165, 1.54) is 31.2 Å². The second kappa shape index (κ2) is 2.76. The molecule has 1 heteroatoms. The zero-order valence-electron chi connectivity index (χ0n) is 7.70. The molecule has 68 valence electrons. The Labute approximate surface area is 78.7 Å². The van der Waals surface area contributed by atoms with Gasteiger partial charge in [0.25, 0.3) is 0 Å². The van der Waals surface area contributed by atoms with Gasteiger partial charge in [0.1, 0.15) is 5.75 Å². The molecule has 0 saturated heterocycles. The van der Waals surface area contributed by atoms with Gasteiger partial charge in [0.05, 0.1) is 6.10 Å². The van der Waals surface area contributed by atoms with E-state index >= 15 is 0 Å². The zero-order chi connectivity index (χ0) is 8.67. The molecular formula is C12H14O. The van der Waals surface area contributed by atoms with Crippen molar-refractivity contribution < 1.29 is 4.74 Å². The molecule has 1 nitrogen and oxygen atoms in total. The van der Waals surface area contributed by atoms with Crippen LogP contribution in [-0.4, -0.2) is 6.10 Å². The number of hydrogen-bond donors (Lipinski definition) is 0. The third kappa shape index (κ3) is 1.14. The van der Waals surface area contributed by atoms with Gasteiger partial charge >= 0.3 is 0 Å². The molecule has 0 spiro atoms. The minimum absolute atomic E-state index is 0.508. The second-order valence-electron chi connectivity index (χ2n) is 4.14. The SMILES string of the molecule is c1ccc2c(c1)OC1CCCC2C1. The van der Waals surface area contributed by atoms with Crippen LogP contribution in [0.1, 0.15) is 37.2 Å². The van der Waals surface area contributed by atoms with Crippen LogP contribution in [0.25, 0.3) is 0 Å². The molecule has 13 heavy (non-hydrogen) atoms. The second-order valence-corrected chi connectivity index (χ2v) is 4.14. The summed E-state index contributed by atoms with van der Waals surface area (Å²) in [6, 6.07) is 8.53. The zero-order valence-corrected chi connectivity index (χ0v) is 7.70. The van der Waals surface area contributed by atoms with Gasteiger partial charge in [-0.05, 0) is 43.2 Å². The van der Waals surface area contributed by atoms with Crippen molar-refractivity contribution in [3.05, 3.63) is 29.8 Å². The van der Waals surface area contributed by atoms with E-state index in [9.17, 15) is 0 Å². The average Bonchev–Trinajstić information content (AvgIpc) is 2.18. The molecule has 2 aliphatic rings. The van der Waals surface area contributed by atoms with Crippen molar-refractivity contribution in [3.63, 3.8) is 0 Å². The van der Waals surface area contributed by atoms with E-state index in [-0.39, 0.29) is 0 Å². The maximum absolute atomic E-state index is 5.90. The Balaban J connectivity index is 2.06. The Morgan fingerprint density at radius 2 is 2.08 bits per heavy atom. The van der Waals surface area contributed by atoms with Crippen molar-refractivity contribution in [2.45, 2.75) is 37.7 Å².